The number of benzene rings is 2. The molecule has 1 amide bonds. The van der Waals surface area contributed by atoms with E-state index < -0.39 is 0 Å². The number of rotatable bonds is 7. The van der Waals surface area contributed by atoms with Gasteiger partial charge in [0, 0.05) is 32.3 Å². The van der Waals surface area contributed by atoms with Crippen molar-refractivity contribution in [2.24, 2.45) is 0 Å². The van der Waals surface area contributed by atoms with Crippen LogP contribution in [0.1, 0.15) is 5.56 Å². The second-order valence-corrected chi connectivity index (χ2v) is 9.20. The van der Waals surface area contributed by atoms with Gasteiger partial charge in [0.25, 0.3) is 5.91 Å². The maximum Gasteiger partial charge on any atom is 0.252 e. The summed E-state index contributed by atoms with van der Waals surface area (Å²) >= 11 is 7.81. The largest absolute Gasteiger partial charge is 0.494 e. The third kappa shape index (κ3) is 4.83. The number of hydrogen-bond donors (Lipinski definition) is 0. The second kappa shape index (κ2) is 10.2. The Balaban J connectivity index is 1.42. The number of hydrogen-bond acceptors (Lipinski definition) is 8. The molecule has 1 fully saturated rings. The highest BCUT2D eigenvalue weighted by Crippen LogP contribution is 2.39. The smallest absolute Gasteiger partial charge is 0.252 e. The van der Waals surface area contributed by atoms with Gasteiger partial charge in [-0.15, -0.1) is 0 Å². The van der Waals surface area contributed by atoms with Crippen molar-refractivity contribution >= 4 is 50.3 Å². The summed E-state index contributed by atoms with van der Waals surface area (Å²) in [6.45, 7) is 4.50. The van der Waals surface area contributed by atoms with Crippen LogP contribution in [0.3, 0.4) is 0 Å². The molecule has 2 aromatic carbocycles. The quantitative estimate of drug-likeness (QED) is 0.452. The van der Waals surface area contributed by atoms with Gasteiger partial charge in [-0.2, -0.15) is 0 Å². The minimum atomic E-state index is -0.167. The average molecular weight is 502 g/mol. The molecule has 2 aliphatic rings. The van der Waals surface area contributed by atoms with Gasteiger partial charge in [0.15, 0.2) is 16.6 Å². The number of amides is 1. The van der Waals surface area contributed by atoms with Crippen LogP contribution >= 0.6 is 22.9 Å². The molecular formula is C24H24ClN3O5S. The van der Waals surface area contributed by atoms with E-state index in [1.54, 1.807) is 36.3 Å². The minimum absolute atomic E-state index is 0.167. The third-order valence-electron chi connectivity index (χ3n) is 5.72. The molecule has 3 heterocycles. The van der Waals surface area contributed by atoms with E-state index in [0.29, 0.717) is 59.2 Å². The number of carbonyl (C=O) groups is 1. The fraction of sp³-hybridized carbons (Fsp3) is 0.333. The van der Waals surface area contributed by atoms with Crippen molar-refractivity contribution in [3.63, 3.8) is 0 Å². The molecule has 1 saturated heterocycles. The van der Waals surface area contributed by atoms with E-state index in [-0.39, 0.29) is 12.7 Å². The Morgan fingerprint density at radius 3 is 2.88 bits per heavy atom. The first-order chi connectivity index (χ1) is 16.6. The zero-order valence-corrected chi connectivity index (χ0v) is 20.2. The van der Waals surface area contributed by atoms with Crippen LogP contribution in [0, 0.1) is 0 Å². The summed E-state index contributed by atoms with van der Waals surface area (Å²) < 4.78 is 22.5. The number of aromatic nitrogens is 1. The van der Waals surface area contributed by atoms with Crippen molar-refractivity contribution in [1.29, 1.82) is 0 Å². The molecule has 1 aromatic heterocycles. The highest BCUT2D eigenvalue weighted by atomic mass is 35.5. The summed E-state index contributed by atoms with van der Waals surface area (Å²) in [5.41, 5.74) is 1.50. The van der Waals surface area contributed by atoms with Crippen LogP contribution in [0.4, 0.5) is 5.13 Å². The van der Waals surface area contributed by atoms with Crippen LogP contribution < -0.4 is 19.1 Å². The number of morpholine rings is 1. The first-order valence-electron chi connectivity index (χ1n) is 10.9. The van der Waals surface area contributed by atoms with Crippen LogP contribution in [-0.2, 0) is 9.53 Å². The van der Waals surface area contributed by atoms with Crippen molar-refractivity contribution in [2.45, 2.75) is 0 Å². The van der Waals surface area contributed by atoms with Crippen molar-refractivity contribution in [3.8, 4) is 17.2 Å². The highest BCUT2D eigenvalue weighted by Gasteiger charge is 2.22. The first-order valence-corrected chi connectivity index (χ1v) is 12.1. The Morgan fingerprint density at radius 1 is 1.24 bits per heavy atom. The van der Waals surface area contributed by atoms with Gasteiger partial charge in [-0.3, -0.25) is 14.6 Å². The summed E-state index contributed by atoms with van der Waals surface area (Å²) in [7, 11) is 1.59. The monoisotopic (exact) mass is 501 g/mol. The molecule has 3 aromatic rings. The highest BCUT2D eigenvalue weighted by molar-refractivity contribution is 7.23. The predicted molar refractivity (Wildman–Crippen MR) is 132 cm³/mol. The zero-order chi connectivity index (χ0) is 23.5. The van der Waals surface area contributed by atoms with E-state index in [1.165, 1.54) is 11.3 Å². The Kier molecular flexibility index (Phi) is 6.87. The van der Waals surface area contributed by atoms with E-state index >= 15 is 0 Å². The Hall–Kier alpha value is -2.85. The molecule has 0 bridgehead atoms. The van der Waals surface area contributed by atoms with Crippen molar-refractivity contribution < 1.29 is 23.7 Å². The molecule has 8 nitrogen and oxygen atoms in total. The molecular weight excluding hydrogens is 478 g/mol. The number of fused-ring (bicyclic) bond motifs is 2. The summed E-state index contributed by atoms with van der Waals surface area (Å²) in [6, 6.07) is 9.15. The summed E-state index contributed by atoms with van der Waals surface area (Å²) in [5, 5.41) is 1.16. The second-order valence-electron chi connectivity index (χ2n) is 7.81. The molecule has 2 aliphatic heterocycles. The lowest BCUT2D eigenvalue weighted by atomic mass is 10.2. The number of anilines is 1. The number of nitrogens with zero attached hydrogens (tertiary/aromatic N) is 3. The van der Waals surface area contributed by atoms with E-state index in [1.807, 2.05) is 18.2 Å². The van der Waals surface area contributed by atoms with Crippen LogP contribution in [-0.4, -0.2) is 69.1 Å². The van der Waals surface area contributed by atoms with Gasteiger partial charge in [0.2, 0.25) is 6.79 Å². The van der Waals surface area contributed by atoms with Crippen LogP contribution in [0.15, 0.2) is 36.4 Å². The maximum absolute atomic E-state index is 13.4. The van der Waals surface area contributed by atoms with Crippen LogP contribution in [0.5, 0.6) is 17.2 Å². The van der Waals surface area contributed by atoms with E-state index in [4.69, 9.17) is 35.5 Å². The number of methoxy groups -OCH3 is 1. The molecule has 0 N–H and O–H groups in total. The van der Waals surface area contributed by atoms with E-state index in [9.17, 15) is 4.79 Å². The summed E-state index contributed by atoms with van der Waals surface area (Å²) in [6.07, 6.45) is 3.33. The molecule has 0 saturated carbocycles. The van der Waals surface area contributed by atoms with Gasteiger partial charge in [-0.25, -0.2) is 4.98 Å². The number of halogens is 1. The van der Waals surface area contributed by atoms with Gasteiger partial charge >= 0.3 is 0 Å². The number of ether oxygens (including phenoxy) is 4. The molecule has 0 aliphatic carbocycles. The molecule has 5 rings (SSSR count). The Bertz CT molecular complexity index is 1220. The first kappa shape index (κ1) is 22.9. The van der Waals surface area contributed by atoms with Crippen molar-refractivity contribution in [2.75, 3.05) is 58.2 Å². The predicted octanol–water partition coefficient (Wildman–Crippen LogP) is 4.07. The van der Waals surface area contributed by atoms with Gasteiger partial charge in [0.05, 0.1) is 30.0 Å². The van der Waals surface area contributed by atoms with Gasteiger partial charge in [-0.1, -0.05) is 29.0 Å². The van der Waals surface area contributed by atoms with Crippen molar-refractivity contribution in [1.82, 2.24) is 9.88 Å². The molecule has 178 valence electrons. The standard InChI is InChI=1S/C24H24ClN3O5S/c1-30-19-6-4-17(25)23-22(19)26-24(34-23)28(9-8-27-10-12-31-13-11-27)21(29)7-3-16-2-5-18-20(14-16)33-15-32-18/h2-7,14H,8-13,15H2,1H3/b7-3+. The zero-order valence-electron chi connectivity index (χ0n) is 18.7. The van der Waals surface area contributed by atoms with Crippen LogP contribution in [0.25, 0.3) is 16.3 Å². The van der Waals surface area contributed by atoms with Gasteiger partial charge in [0.1, 0.15) is 11.3 Å². The number of thiazole rings is 1. The minimum Gasteiger partial charge on any atom is -0.494 e. The summed E-state index contributed by atoms with van der Waals surface area (Å²) in [4.78, 5) is 22.1. The Labute approximate surface area is 206 Å². The molecule has 0 unspecified atom stereocenters. The fourth-order valence-corrected chi connectivity index (χ4v) is 5.15. The third-order valence-corrected chi connectivity index (χ3v) is 7.26. The maximum atomic E-state index is 13.4. The lowest BCUT2D eigenvalue weighted by molar-refractivity contribution is -0.114. The molecule has 0 radical (unpaired) electrons. The van der Waals surface area contributed by atoms with Crippen LogP contribution in [0.2, 0.25) is 5.02 Å². The summed E-state index contributed by atoms with van der Waals surface area (Å²) in [5.74, 6) is 1.83. The lowest BCUT2D eigenvalue weighted by Gasteiger charge is -2.28. The lowest BCUT2D eigenvalue weighted by Crippen LogP contribution is -2.42. The van der Waals surface area contributed by atoms with E-state index in [0.717, 1.165) is 23.4 Å². The van der Waals surface area contributed by atoms with Gasteiger partial charge < -0.3 is 18.9 Å². The average Bonchev–Trinajstić information content (AvgIpc) is 3.51. The molecule has 34 heavy (non-hydrogen) atoms. The fourth-order valence-electron chi connectivity index (χ4n) is 3.86. The topological polar surface area (TPSA) is 73.4 Å². The molecule has 0 atom stereocenters. The molecule has 10 heteroatoms. The van der Waals surface area contributed by atoms with E-state index in [2.05, 4.69) is 4.90 Å². The number of carbonyl (C=O) groups excluding carboxylic acids is 1. The molecule has 0 spiro atoms. The Morgan fingerprint density at radius 2 is 2.06 bits per heavy atom. The SMILES string of the molecule is COc1ccc(Cl)c2sc(N(CCN3CCOCC3)C(=O)/C=C/c3ccc4c(c3)OCO4)nc12. The van der Waals surface area contributed by atoms with Gasteiger partial charge in [-0.05, 0) is 35.9 Å². The normalized spacial score (nSPS) is 15.8. The van der Waals surface area contributed by atoms with Crippen molar-refractivity contribution in [3.05, 3.63) is 47.0 Å².